The first-order valence-corrected chi connectivity index (χ1v) is 6.46. The molecule has 1 aromatic rings. The van der Waals surface area contributed by atoms with Crippen molar-refractivity contribution in [3.05, 3.63) is 35.4 Å². The van der Waals surface area contributed by atoms with Crippen LogP contribution in [0.15, 0.2) is 24.3 Å². The summed E-state index contributed by atoms with van der Waals surface area (Å²) in [6.07, 6.45) is 5.81. The molecule has 0 fully saturated rings. The first-order chi connectivity index (χ1) is 9.17. The molecule has 0 saturated carbocycles. The van der Waals surface area contributed by atoms with Gasteiger partial charge in [-0.3, -0.25) is 4.79 Å². The van der Waals surface area contributed by atoms with Crippen molar-refractivity contribution in [2.45, 2.75) is 32.6 Å². The predicted octanol–water partition coefficient (Wildman–Crippen LogP) is 3.92. The summed E-state index contributed by atoms with van der Waals surface area (Å²) in [6.45, 7) is 6.13. The van der Waals surface area contributed by atoms with Gasteiger partial charge in [0.1, 0.15) is 11.5 Å². The number of ether oxygens (including phenoxy) is 1. The molecule has 0 radical (unpaired) electrons. The van der Waals surface area contributed by atoms with Crippen LogP contribution in [-0.2, 0) is 4.79 Å². The lowest BCUT2D eigenvalue weighted by molar-refractivity contribution is -0.120. The van der Waals surface area contributed by atoms with Gasteiger partial charge in [0.15, 0.2) is 0 Å². The Labute approximate surface area is 113 Å². The van der Waals surface area contributed by atoms with Crippen LogP contribution in [-0.4, -0.2) is 11.6 Å². The predicted molar refractivity (Wildman–Crippen MR) is 76.0 cm³/mol. The molecule has 0 amide bonds. The molecule has 0 spiro atoms. The normalized spacial score (nSPS) is 15.2. The summed E-state index contributed by atoms with van der Waals surface area (Å²) < 4.78 is 5.04. The second-order valence-corrected chi connectivity index (χ2v) is 4.80. The maximum absolute atomic E-state index is 10.7. The Morgan fingerprint density at radius 3 is 2.68 bits per heavy atom. The molecule has 1 N–H and O–H groups in total. The van der Waals surface area contributed by atoms with Crippen LogP contribution in [0.4, 0.5) is 0 Å². The number of phenolic OH excluding ortho intramolecular Hbond substituents is 1. The lowest BCUT2D eigenvalue weighted by atomic mass is 9.87. The number of carbonyl (C=O) groups is 1. The average Bonchev–Trinajstić information content (AvgIpc) is 2.40. The molecule has 1 aromatic carbocycles. The molecule has 2 rings (SSSR count). The van der Waals surface area contributed by atoms with Crippen LogP contribution in [0.5, 0.6) is 11.5 Å². The summed E-state index contributed by atoms with van der Waals surface area (Å²) in [5, 5.41) is 10.2. The van der Waals surface area contributed by atoms with E-state index in [-0.39, 0.29) is 5.75 Å². The highest BCUT2D eigenvalue weighted by Gasteiger charge is 2.19. The minimum Gasteiger partial charge on any atom is -0.507 e. The molecule has 1 aliphatic carbocycles. The summed E-state index contributed by atoms with van der Waals surface area (Å²) in [5.74, 6) is 0.548. The number of aromatic hydroxyl groups is 1. The highest BCUT2D eigenvalue weighted by Crippen LogP contribution is 2.42. The van der Waals surface area contributed by atoms with E-state index in [0.29, 0.717) is 17.8 Å². The van der Waals surface area contributed by atoms with E-state index in [2.05, 4.69) is 13.5 Å². The lowest BCUT2D eigenvalue weighted by Gasteiger charge is -2.21. The molecule has 0 bridgehead atoms. The van der Waals surface area contributed by atoms with E-state index >= 15 is 0 Å². The van der Waals surface area contributed by atoms with E-state index in [1.807, 2.05) is 0 Å². The Bertz CT molecular complexity index is 541. The van der Waals surface area contributed by atoms with Crippen LogP contribution in [0.3, 0.4) is 0 Å². The fraction of sp³-hybridized carbons (Fsp3) is 0.312. The van der Waals surface area contributed by atoms with E-state index in [1.54, 1.807) is 18.2 Å². The summed E-state index contributed by atoms with van der Waals surface area (Å²) >= 11 is 0. The number of rotatable bonds is 4. The molecule has 19 heavy (non-hydrogen) atoms. The van der Waals surface area contributed by atoms with Crippen LogP contribution in [0.2, 0.25) is 0 Å². The average molecular weight is 258 g/mol. The van der Waals surface area contributed by atoms with Gasteiger partial charge in [0.25, 0.3) is 6.47 Å². The Morgan fingerprint density at radius 2 is 2.05 bits per heavy atom. The van der Waals surface area contributed by atoms with Gasteiger partial charge in [-0.25, -0.2) is 0 Å². The van der Waals surface area contributed by atoms with E-state index in [1.165, 1.54) is 12.0 Å². The van der Waals surface area contributed by atoms with Gasteiger partial charge in [-0.1, -0.05) is 18.2 Å². The smallest absolute Gasteiger partial charge is 0.298 e. The lowest BCUT2D eigenvalue weighted by Crippen LogP contribution is -2.01. The monoisotopic (exact) mass is 258 g/mol. The second-order valence-electron chi connectivity index (χ2n) is 4.80. The topological polar surface area (TPSA) is 46.5 Å². The minimum absolute atomic E-state index is 0.144. The Kier molecular flexibility index (Phi) is 4.05. The van der Waals surface area contributed by atoms with Gasteiger partial charge in [0.2, 0.25) is 0 Å². The minimum atomic E-state index is 0.144. The molecule has 0 unspecified atom stereocenters. The number of carbonyl (C=O) groups excluding carboxylic acids is 1. The number of benzene rings is 1. The Hall–Kier alpha value is -2.03. The second kappa shape index (κ2) is 5.74. The number of hydrogen-bond acceptors (Lipinski definition) is 3. The zero-order valence-electron chi connectivity index (χ0n) is 11.1. The molecule has 0 aliphatic heterocycles. The summed E-state index contributed by atoms with van der Waals surface area (Å²) in [7, 11) is 0. The molecule has 0 atom stereocenters. The summed E-state index contributed by atoms with van der Waals surface area (Å²) in [4.78, 5) is 10.7. The first kappa shape index (κ1) is 13.4. The fourth-order valence-electron chi connectivity index (χ4n) is 2.58. The van der Waals surface area contributed by atoms with Gasteiger partial charge in [0.05, 0.1) is 5.56 Å². The van der Waals surface area contributed by atoms with Crippen LogP contribution >= 0.6 is 0 Å². The van der Waals surface area contributed by atoms with Gasteiger partial charge in [-0.2, -0.15) is 0 Å². The maximum atomic E-state index is 10.7. The van der Waals surface area contributed by atoms with Crippen molar-refractivity contribution < 1.29 is 14.6 Å². The summed E-state index contributed by atoms with van der Waals surface area (Å²) in [5.41, 5.74) is 3.72. The summed E-state index contributed by atoms with van der Waals surface area (Å²) in [6, 6.07) is 3.38. The highest BCUT2D eigenvalue weighted by atomic mass is 16.5. The largest absolute Gasteiger partial charge is 0.507 e. The molecule has 1 aliphatic rings. The molecule has 0 heterocycles. The van der Waals surface area contributed by atoms with Crippen molar-refractivity contribution in [1.29, 1.82) is 0 Å². The Balaban J connectivity index is 2.60. The molecule has 0 aromatic heterocycles. The molecule has 3 nitrogen and oxygen atoms in total. The molecule has 0 saturated heterocycles. The zero-order chi connectivity index (χ0) is 13.8. The van der Waals surface area contributed by atoms with Crippen molar-refractivity contribution in [1.82, 2.24) is 0 Å². The quantitative estimate of drug-likeness (QED) is 0.833. The van der Waals surface area contributed by atoms with Crippen molar-refractivity contribution in [2.24, 2.45) is 0 Å². The fourth-order valence-corrected chi connectivity index (χ4v) is 2.58. The van der Waals surface area contributed by atoms with Gasteiger partial charge in [0, 0.05) is 0 Å². The van der Waals surface area contributed by atoms with Crippen molar-refractivity contribution in [2.75, 3.05) is 0 Å². The molecule has 3 heteroatoms. The van der Waals surface area contributed by atoms with Crippen LogP contribution in [0.25, 0.3) is 11.6 Å². The van der Waals surface area contributed by atoms with E-state index in [9.17, 15) is 9.90 Å². The van der Waals surface area contributed by atoms with Gasteiger partial charge in [-0.15, -0.1) is 0 Å². The molecular formula is C16H18O3. The van der Waals surface area contributed by atoms with E-state index in [4.69, 9.17) is 4.74 Å². The van der Waals surface area contributed by atoms with Crippen LogP contribution < -0.4 is 4.74 Å². The van der Waals surface area contributed by atoms with Crippen molar-refractivity contribution in [3.63, 3.8) is 0 Å². The molecular weight excluding hydrogens is 240 g/mol. The van der Waals surface area contributed by atoms with E-state index in [0.717, 1.165) is 30.4 Å². The zero-order valence-corrected chi connectivity index (χ0v) is 11.1. The SMILES string of the molecule is C=Cc1cc(O)c(C2=C(C)CCCC2)c(OC=O)c1. The van der Waals surface area contributed by atoms with E-state index < -0.39 is 0 Å². The maximum Gasteiger partial charge on any atom is 0.298 e. The van der Waals surface area contributed by atoms with Crippen molar-refractivity contribution in [3.8, 4) is 11.5 Å². The first-order valence-electron chi connectivity index (χ1n) is 6.46. The van der Waals surface area contributed by atoms with Gasteiger partial charge in [-0.05, 0) is 55.9 Å². The third kappa shape index (κ3) is 2.70. The van der Waals surface area contributed by atoms with Crippen LogP contribution in [0.1, 0.15) is 43.7 Å². The standard InChI is InChI=1S/C16H18O3/c1-3-12-8-14(18)16(15(9-12)19-10-17)13-7-5-4-6-11(13)2/h3,8-10,18H,1,4-7H2,2H3. The van der Waals surface area contributed by atoms with Gasteiger partial charge < -0.3 is 9.84 Å². The molecule has 100 valence electrons. The van der Waals surface area contributed by atoms with Gasteiger partial charge >= 0.3 is 0 Å². The number of hydrogen-bond donors (Lipinski definition) is 1. The highest BCUT2D eigenvalue weighted by molar-refractivity contribution is 5.80. The number of allylic oxidation sites excluding steroid dienone is 2. The Morgan fingerprint density at radius 1 is 1.32 bits per heavy atom. The number of phenols is 1. The van der Waals surface area contributed by atoms with Crippen LogP contribution in [0, 0.1) is 0 Å². The third-order valence-corrected chi connectivity index (χ3v) is 3.56. The third-order valence-electron chi connectivity index (χ3n) is 3.56. The van der Waals surface area contributed by atoms with Crippen molar-refractivity contribution >= 4 is 18.1 Å².